The predicted octanol–water partition coefficient (Wildman–Crippen LogP) is 2.44. The van der Waals surface area contributed by atoms with Crippen LogP contribution in [0.1, 0.15) is 28.7 Å². The molecule has 24 heavy (non-hydrogen) atoms. The van der Waals surface area contributed by atoms with Gasteiger partial charge in [-0.15, -0.1) is 10.2 Å². The monoisotopic (exact) mass is 323 g/mol. The van der Waals surface area contributed by atoms with Gasteiger partial charge >= 0.3 is 0 Å². The zero-order chi connectivity index (χ0) is 16.8. The van der Waals surface area contributed by atoms with Crippen molar-refractivity contribution in [1.82, 2.24) is 20.6 Å². The van der Waals surface area contributed by atoms with Crippen LogP contribution in [0.25, 0.3) is 0 Å². The van der Waals surface area contributed by atoms with Crippen molar-refractivity contribution in [2.75, 3.05) is 11.9 Å². The first-order chi connectivity index (χ1) is 11.8. The van der Waals surface area contributed by atoms with E-state index < -0.39 is 0 Å². The third-order valence-electron chi connectivity index (χ3n) is 3.39. The molecule has 3 aromatic rings. The zero-order valence-corrected chi connectivity index (χ0v) is 13.2. The molecule has 0 unspecified atom stereocenters. The molecule has 7 nitrogen and oxygen atoms in total. The topological polar surface area (TPSA) is 92.8 Å². The average Bonchev–Trinajstić information content (AvgIpc) is 3.10. The molecule has 1 amide bonds. The van der Waals surface area contributed by atoms with Gasteiger partial charge in [0.1, 0.15) is 5.75 Å². The number of nitrogens with zero attached hydrogens (tertiary/aromatic N) is 3. The van der Waals surface area contributed by atoms with Gasteiger partial charge in [-0.3, -0.25) is 4.79 Å². The number of amides is 1. The minimum Gasteiger partial charge on any atom is -0.493 e. The van der Waals surface area contributed by atoms with Crippen LogP contribution in [-0.2, 0) is 6.42 Å². The highest BCUT2D eigenvalue weighted by atomic mass is 16.5. The largest absolute Gasteiger partial charge is 0.493 e. The number of nitrogens with one attached hydrogen (secondary N) is 2. The van der Waals surface area contributed by atoms with Crippen molar-refractivity contribution in [3.63, 3.8) is 0 Å². The average molecular weight is 323 g/mol. The van der Waals surface area contributed by atoms with Gasteiger partial charge in [-0.05, 0) is 36.8 Å². The normalized spacial score (nSPS) is 10.4. The molecule has 0 spiro atoms. The van der Waals surface area contributed by atoms with Crippen LogP contribution >= 0.6 is 0 Å². The molecular formula is C17H17N5O2. The van der Waals surface area contributed by atoms with Gasteiger partial charge in [-0.2, -0.15) is 5.21 Å². The number of carbonyl (C=O) groups excluding carboxylic acids is 1. The molecule has 3 rings (SSSR count). The fraction of sp³-hybridized carbons (Fsp3) is 0.176. The summed E-state index contributed by atoms with van der Waals surface area (Å²) in [5.41, 5.74) is 2.25. The highest BCUT2D eigenvalue weighted by Crippen LogP contribution is 2.20. The van der Waals surface area contributed by atoms with Crippen LogP contribution in [0.15, 0.2) is 48.5 Å². The molecule has 0 aliphatic carbocycles. The molecule has 0 saturated carbocycles. The van der Waals surface area contributed by atoms with Gasteiger partial charge in [0.15, 0.2) is 5.82 Å². The number of para-hydroxylation sites is 1. The number of hydrogen-bond acceptors (Lipinski definition) is 5. The second-order valence-corrected chi connectivity index (χ2v) is 5.09. The molecule has 0 atom stereocenters. The smallest absolute Gasteiger partial charge is 0.259 e. The SMILES string of the molecule is CCOc1ccccc1C(=O)Nc1ccc(Cc2nn[nH]n2)cc1. The Kier molecular flexibility index (Phi) is 4.81. The Hall–Kier alpha value is -3.22. The van der Waals surface area contributed by atoms with Crippen LogP contribution in [-0.4, -0.2) is 33.1 Å². The number of hydrogen-bond donors (Lipinski definition) is 2. The van der Waals surface area contributed by atoms with E-state index in [4.69, 9.17) is 4.74 Å². The third-order valence-corrected chi connectivity index (χ3v) is 3.39. The summed E-state index contributed by atoms with van der Waals surface area (Å²) in [7, 11) is 0. The Balaban J connectivity index is 1.68. The molecule has 7 heteroatoms. The molecule has 0 saturated heterocycles. The molecule has 0 radical (unpaired) electrons. The lowest BCUT2D eigenvalue weighted by Gasteiger charge is -2.10. The fourth-order valence-corrected chi connectivity index (χ4v) is 2.28. The van der Waals surface area contributed by atoms with E-state index in [1.54, 1.807) is 12.1 Å². The fourth-order valence-electron chi connectivity index (χ4n) is 2.28. The maximum absolute atomic E-state index is 12.4. The Morgan fingerprint density at radius 1 is 1.17 bits per heavy atom. The van der Waals surface area contributed by atoms with Crippen molar-refractivity contribution in [2.24, 2.45) is 0 Å². The lowest BCUT2D eigenvalue weighted by atomic mass is 10.1. The number of ether oxygens (including phenoxy) is 1. The van der Waals surface area contributed by atoms with E-state index in [0.717, 1.165) is 5.56 Å². The molecule has 0 aliphatic rings. The number of H-pyrrole nitrogens is 1. The molecule has 1 heterocycles. The Morgan fingerprint density at radius 3 is 2.67 bits per heavy atom. The molecule has 2 aromatic carbocycles. The molecule has 1 aromatic heterocycles. The molecular weight excluding hydrogens is 306 g/mol. The third kappa shape index (κ3) is 3.75. The molecule has 0 bridgehead atoms. The van der Waals surface area contributed by atoms with E-state index in [-0.39, 0.29) is 5.91 Å². The van der Waals surface area contributed by atoms with Crippen LogP contribution in [0.4, 0.5) is 5.69 Å². The van der Waals surface area contributed by atoms with Crippen molar-refractivity contribution < 1.29 is 9.53 Å². The first-order valence-electron chi connectivity index (χ1n) is 7.60. The Labute approximate surface area is 139 Å². The summed E-state index contributed by atoms with van der Waals surface area (Å²) in [6, 6.07) is 14.7. The minimum atomic E-state index is -0.204. The van der Waals surface area contributed by atoms with Gasteiger partial charge in [0.2, 0.25) is 0 Å². The van der Waals surface area contributed by atoms with Gasteiger partial charge < -0.3 is 10.1 Å². The van der Waals surface area contributed by atoms with Crippen LogP contribution in [0.5, 0.6) is 5.75 Å². The number of benzene rings is 2. The van der Waals surface area contributed by atoms with Crippen molar-refractivity contribution in [3.8, 4) is 5.75 Å². The number of anilines is 1. The number of aromatic nitrogens is 4. The maximum Gasteiger partial charge on any atom is 0.259 e. The van der Waals surface area contributed by atoms with Gasteiger partial charge in [0, 0.05) is 12.1 Å². The van der Waals surface area contributed by atoms with E-state index in [1.807, 2.05) is 43.3 Å². The molecule has 122 valence electrons. The number of aromatic amines is 1. The quantitative estimate of drug-likeness (QED) is 0.727. The summed E-state index contributed by atoms with van der Waals surface area (Å²) in [6.45, 7) is 2.40. The highest BCUT2D eigenvalue weighted by Gasteiger charge is 2.12. The molecule has 0 aliphatic heterocycles. The second kappa shape index (κ2) is 7.36. The summed E-state index contributed by atoms with van der Waals surface area (Å²) in [5, 5.41) is 16.7. The maximum atomic E-state index is 12.4. The van der Waals surface area contributed by atoms with Gasteiger partial charge in [0.25, 0.3) is 5.91 Å². The summed E-state index contributed by atoms with van der Waals surface area (Å²) >= 11 is 0. The summed E-state index contributed by atoms with van der Waals surface area (Å²) in [5.74, 6) is 0.994. The lowest BCUT2D eigenvalue weighted by molar-refractivity contribution is 0.102. The molecule has 2 N–H and O–H groups in total. The van der Waals surface area contributed by atoms with Crippen LogP contribution in [0.3, 0.4) is 0 Å². The summed E-state index contributed by atoms with van der Waals surface area (Å²) < 4.78 is 5.49. The van der Waals surface area contributed by atoms with E-state index in [9.17, 15) is 4.79 Å². The standard InChI is InChI=1S/C17H17N5O2/c1-2-24-15-6-4-3-5-14(15)17(23)18-13-9-7-12(8-10-13)11-16-19-21-22-20-16/h3-10H,2,11H2,1H3,(H,18,23)(H,19,20,21,22). The lowest BCUT2D eigenvalue weighted by Crippen LogP contribution is -2.13. The van der Waals surface area contributed by atoms with E-state index in [0.29, 0.717) is 35.9 Å². The van der Waals surface area contributed by atoms with Crippen molar-refractivity contribution in [2.45, 2.75) is 13.3 Å². The number of tetrazole rings is 1. The van der Waals surface area contributed by atoms with E-state index in [1.165, 1.54) is 0 Å². The first kappa shape index (κ1) is 15.7. The first-order valence-corrected chi connectivity index (χ1v) is 7.60. The zero-order valence-electron chi connectivity index (χ0n) is 13.2. The summed E-state index contributed by atoms with van der Waals surface area (Å²) in [4.78, 5) is 12.4. The van der Waals surface area contributed by atoms with E-state index in [2.05, 4.69) is 25.9 Å². The Bertz CT molecular complexity index is 800. The predicted molar refractivity (Wildman–Crippen MR) is 89.0 cm³/mol. The Morgan fingerprint density at radius 2 is 1.96 bits per heavy atom. The van der Waals surface area contributed by atoms with Crippen molar-refractivity contribution in [3.05, 3.63) is 65.5 Å². The van der Waals surface area contributed by atoms with Crippen molar-refractivity contribution in [1.29, 1.82) is 0 Å². The van der Waals surface area contributed by atoms with Crippen LogP contribution in [0, 0.1) is 0 Å². The van der Waals surface area contributed by atoms with E-state index >= 15 is 0 Å². The van der Waals surface area contributed by atoms with Crippen molar-refractivity contribution >= 4 is 11.6 Å². The van der Waals surface area contributed by atoms with Gasteiger partial charge in [-0.25, -0.2) is 0 Å². The number of carbonyl (C=O) groups is 1. The second-order valence-electron chi connectivity index (χ2n) is 5.09. The van der Waals surface area contributed by atoms with Crippen LogP contribution < -0.4 is 10.1 Å². The molecule has 0 fully saturated rings. The van der Waals surface area contributed by atoms with Crippen LogP contribution in [0.2, 0.25) is 0 Å². The minimum absolute atomic E-state index is 0.204. The summed E-state index contributed by atoms with van der Waals surface area (Å²) in [6.07, 6.45) is 0.581. The number of rotatable bonds is 6. The van der Waals surface area contributed by atoms with Gasteiger partial charge in [0.05, 0.1) is 12.2 Å². The highest BCUT2D eigenvalue weighted by molar-refractivity contribution is 6.06. The van der Waals surface area contributed by atoms with Gasteiger partial charge in [-0.1, -0.05) is 29.5 Å².